The summed E-state index contributed by atoms with van der Waals surface area (Å²) in [6.07, 6.45) is 3.38. The quantitative estimate of drug-likeness (QED) is 0.593. The lowest BCUT2D eigenvalue weighted by atomic mass is 10.1. The van der Waals surface area contributed by atoms with Gasteiger partial charge in [0.2, 0.25) is 0 Å². The molecular weight excluding hydrogens is 216 g/mol. The van der Waals surface area contributed by atoms with Crippen molar-refractivity contribution in [2.45, 2.75) is 6.04 Å². The van der Waals surface area contributed by atoms with Gasteiger partial charge in [0.25, 0.3) is 0 Å². The van der Waals surface area contributed by atoms with Crippen molar-refractivity contribution in [3.05, 3.63) is 29.0 Å². The van der Waals surface area contributed by atoms with Crippen molar-refractivity contribution in [1.82, 2.24) is 15.4 Å². The topological polar surface area (TPSA) is 87.0 Å². The summed E-state index contributed by atoms with van der Waals surface area (Å²) in [4.78, 5) is 7.13. The lowest BCUT2D eigenvalue weighted by Gasteiger charge is -2.12. The number of pyridine rings is 1. The van der Waals surface area contributed by atoms with Crippen molar-refractivity contribution in [3.63, 3.8) is 0 Å². The number of hydrogen-bond acceptors (Lipinski definition) is 4. The number of hydrogen-bond donors (Lipinski definition) is 4. The molecule has 0 aliphatic rings. The fourth-order valence-electron chi connectivity index (χ4n) is 1.46. The van der Waals surface area contributed by atoms with E-state index >= 15 is 0 Å². The number of aromatic amines is 1. The minimum Gasteiger partial charge on any atom is -0.346 e. The van der Waals surface area contributed by atoms with Gasteiger partial charge in [-0.05, 0) is 6.07 Å². The normalized spacial score (nSPS) is 13.3. The minimum absolute atomic E-state index is 0.233. The van der Waals surface area contributed by atoms with Crippen molar-refractivity contribution in [1.29, 1.82) is 0 Å². The van der Waals surface area contributed by atoms with Gasteiger partial charge in [-0.3, -0.25) is 0 Å². The van der Waals surface area contributed by atoms with E-state index in [0.29, 0.717) is 10.6 Å². The molecule has 2 rings (SSSR count). The zero-order valence-corrected chi connectivity index (χ0v) is 8.62. The molecule has 2 aromatic rings. The second kappa shape index (κ2) is 4.16. The number of nitrogens with zero attached hydrogens (tertiary/aromatic N) is 1. The van der Waals surface area contributed by atoms with Crippen molar-refractivity contribution >= 4 is 22.6 Å². The van der Waals surface area contributed by atoms with Crippen LogP contribution >= 0.6 is 11.6 Å². The number of H-pyrrole nitrogens is 1. The molecule has 5 nitrogen and oxygen atoms in total. The molecule has 0 saturated heterocycles. The largest absolute Gasteiger partial charge is 0.346 e. The summed E-state index contributed by atoms with van der Waals surface area (Å²) in [5.41, 5.74) is 9.27. The van der Waals surface area contributed by atoms with E-state index in [-0.39, 0.29) is 12.6 Å². The van der Waals surface area contributed by atoms with Crippen LogP contribution < -0.4 is 11.2 Å². The van der Waals surface area contributed by atoms with Crippen LogP contribution in [-0.2, 0) is 0 Å². The first kappa shape index (κ1) is 10.4. The first-order chi connectivity index (χ1) is 7.24. The first-order valence-electron chi connectivity index (χ1n) is 4.48. The van der Waals surface area contributed by atoms with Gasteiger partial charge >= 0.3 is 0 Å². The lowest BCUT2D eigenvalue weighted by Crippen LogP contribution is -2.24. The third-order valence-electron chi connectivity index (χ3n) is 2.26. The predicted octanol–water partition coefficient (Wildman–Crippen LogP) is 1.19. The molecule has 0 saturated carbocycles. The number of nitrogens with one attached hydrogen (secondary N) is 2. The van der Waals surface area contributed by atoms with Gasteiger partial charge in [-0.15, -0.1) is 0 Å². The van der Waals surface area contributed by atoms with Crippen LogP contribution in [0.3, 0.4) is 0 Å². The predicted molar refractivity (Wildman–Crippen MR) is 57.8 cm³/mol. The van der Waals surface area contributed by atoms with E-state index < -0.39 is 0 Å². The summed E-state index contributed by atoms with van der Waals surface area (Å²) >= 11 is 6.16. The zero-order valence-electron chi connectivity index (χ0n) is 7.87. The summed E-state index contributed by atoms with van der Waals surface area (Å²) in [6, 6.07) is 1.46. The second-order valence-corrected chi connectivity index (χ2v) is 3.61. The fourth-order valence-corrected chi connectivity index (χ4v) is 1.80. The average molecular weight is 227 g/mol. The van der Waals surface area contributed by atoms with Crippen molar-refractivity contribution in [3.8, 4) is 0 Å². The van der Waals surface area contributed by atoms with Crippen LogP contribution in [0.15, 0.2) is 18.5 Å². The summed E-state index contributed by atoms with van der Waals surface area (Å²) in [7, 11) is 0. The molecule has 0 bridgehead atoms. The Morgan fingerprint density at radius 2 is 2.47 bits per heavy atom. The Kier molecular flexibility index (Phi) is 2.88. The maximum Gasteiger partial charge on any atom is 0.138 e. The van der Waals surface area contributed by atoms with Crippen LogP contribution in [0, 0.1) is 0 Å². The molecule has 0 aliphatic heterocycles. The Morgan fingerprint density at radius 3 is 3.20 bits per heavy atom. The molecule has 0 aromatic carbocycles. The molecule has 0 spiro atoms. The summed E-state index contributed by atoms with van der Waals surface area (Å²) in [6.45, 7) is 0.233. The highest BCUT2D eigenvalue weighted by Gasteiger charge is 2.13. The summed E-state index contributed by atoms with van der Waals surface area (Å²) in [5.74, 6) is 0. The van der Waals surface area contributed by atoms with Crippen LogP contribution in [-0.4, -0.2) is 21.7 Å². The van der Waals surface area contributed by atoms with Gasteiger partial charge in [-0.1, -0.05) is 11.6 Å². The molecular formula is C9H11ClN4O. The van der Waals surface area contributed by atoms with Crippen LogP contribution in [0.1, 0.15) is 11.6 Å². The SMILES string of the molecule is NC(CNO)c1cnc2[nH]ccc2c1Cl. The second-order valence-electron chi connectivity index (χ2n) is 3.24. The van der Waals surface area contributed by atoms with Crippen molar-refractivity contribution < 1.29 is 5.21 Å². The van der Waals surface area contributed by atoms with E-state index in [1.165, 1.54) is 0 Å². The molecule has 2 aromatic heterocycles. The van der Waals surface area contributed by atoms with Gasteiger partial charge < -0.3 is 15.9 Å². The number of nitrogens with two attached hydrogens (primary N) is 1. The molecule has 80 valence electrons. The van der Waals surface area contributed by atoms with E-state index in [4.69, 9.17) is 22.5 Å². The van der Waals surface area contributed by atoms with Crippen molar-refractivity contribution in [2.75, 3.05) is 6.54 Å². The third-order valence-corrected chi connectivity index (χ3v) is 2.68. The summed E-state index contributed by atoms with van der Waals surface area (Å²) < 4.78 is 0. The number of halogens is 1. The molecule has 2 heterocycles. The van der Waals surface area contributed by atoms with Crippen LogP contribution in [0.25, 0.3) is 11.0 Å². The van der Waals surface area contributed by atoms with E-state index in [2.05, 4.69) is 9.97 Å². The number of hydroxylamine groups is 1. The number of fused-ring (bicyclic) bond motifs is 1. The third kappa shape index (κ3) is 1.82. The van der Waals surface area contributed by atoms with E-state index in [0.717, 1.165) is 11.0 Å². The van der Waals surface area contributed by atoms with E-state index in [9.17, 15) is 0 Å². The lowest BCUT2D eigenvalue weighted by molar-refractivity contribution is 0.160. The van der Waals surface area contributed by atoms with Crippen LogP contribution in [0.5, 0.6) is 0 Å². The molecule has 15 heavy (non-hydrogen) atoms. The Hall–Kier alpha value is -1.14. The van der Waals surface area contributed by atoms with Gasteiger partial charge in [0.15, 0.2) is 0 Å². The molecule has 0 radical (unpaired) electrons. The molecule has 5 N–H and O–H groups in total. The molecule has 1 atom stereocenters. The van der Waals surface area contributed by atoms with Gasteiger partial charge in [0, 0.05) is 35.9 Å². The first-order valence-corrected chi connectivity index (χ1v) is 4.86. The maximum atomic E-state index is 8.56. The smallest absolute Gasteiger partial charge is 0.138 e. The van der Waals surface area contributed by atoms with Crippen molar-refractivity contribution in [2.24, 2.45) is 5.73 Å². The minimum atomic E-state index is -0.380. The standard InChI is InChI=1S/C9H11ClN4O/c10-8-5-1-2-12-9(5)13-3-6(8)7(11)4-14-15/h1-3,7,14-15H,4,11H2,(H,12,13). The molecule has 1 unspecified atom stereocenters. The number of rotatable bonds is 3. The highest BCUT2D eigenvalue weighted by molar-refractivity contribution is 6.36. The Balaban J connectivity index is 2.47. The monoisotopic (exact) mass is 226 g/mol. The highest BCUT2D eigenvalue weighted by Crippen LogP contribution is 2.27. The van der Waals surface area contributed by atoms with E-state index in [1.54, 1.807) is 12.4 Å². The molecule has 6 heteroatoms. The van der Waals surface area contributed by atoms with Crippen LogP contribution in [0.4, 0.5) is 0 Å². The van der Waals surface area contributed by atoms with Gasteiger partial charge in [0.1, 0.15) is 5.65 Å². The van der Waals surface area contributed by atoms with Gasteiger partial charge in [0.05, 0.1) is 5.02 Å². The van der Waals surface area contributed by atoms with E-state index in [1.807, 2.05) is 11.5 Å². The number of aromatic nitrogens is 2. The van der Waals surface area contributed by atoms with Crippen LogP contribution in [0.2, 0.25) is 5.02 Å². The molecule has 0 fully saturated rings. The Bertz CT molecular complexity index is 470. The Labute approximate surface area is 91.2 Å². The maximum absolute atomic E-state index is 8.56. The highest BCUT2D eigenvalue weighted by atomic mass is 35.5. The fraction of sp³-hybridized carbons (Fsp3) is 0.222. The summed E-state index contributed by atoms with van der Waals surface area (Å²) in [5, 5.41) is 9.97. The average Bonchev–Trinajstić information content (AvgIpc) is 2.67. The molecule has 0 aliphatic carbocycles. The zero-order chi connectivity index (χ0) is 10.8. The Morgan fingerprint density at radius 1 is 1.67 bits per heavy atom. The van der Waals surface area contributed by atoms with Gasteiger partial charge in [-0.2, -0.15) is 0 Å². The van der Waals surface area contributed by atoms with Gasteiger partial charge in [-0.25, -0.2) is 10.5 Å². The molecule has 0 amide bonds.